The van der Waals surface area contributed by atoms with Gasteiger partial charge in [0.15, 0.2) is 0 Å². The highest BCUT2D eigenvalue weighted by Gasteiger charge is 2.27. The third-order valence-electron chi connectivity index (χ3n) is 2.65. The minimum Gasteiger partial charge on any atom is -0.453 e. The highest BCUT2D eigenvalue weighted by molar-refractivity contribution is 5.67. The topological polar surface area (TPSA) is 49.8 Å². The number of amides is 1. The zero-order valence-electron chi connectivity index (χ0n) is 8.90. The number of carbonyl (C=O) groups is 1. The first-order valence-electron chi connectivity index (χ1n) is 5.17. The summed E-state index contributed by atoms with van der Waals surface area (Å²) in [5, 5.41) is 9.30. The van der Waals surface area contributed by atoms with Crippen LogP contribution >= 0.6 is 0 Å². The summed E-state index contributed by atoms with van der Waals surface area (Å²) in [4.78, 5) is 13.1. The molecular weight excluding hydrogens is 182 g/mol. The van der Waals surface area contributed by atoms with Crippen LogP contribution in [0.1, 0.15) is 32.6 Å². The number of ether oxygens (including phenoxy) is 1. The molecule has 0 aromatic rings. The lowest BCUT2D eigenvalue weighted by atomic mass is 9.98. The van der Waals surface area contributed by atoms with Crippen molar-refractivity contribution in [3.05, 3.63) is 0 Å². The Kier molecular flexibility index (Phi) is 4.20. The molecule has 4 heteroatoms. The molecule has 1 aliphatic rings. The molecule has 1 saturated heterocycles. The van der Waals surface area contributed by atoms with Gasteiger partial charge in [-0.05, 0) is 32.6 Å². The summed E-state index contributed by atoms with van der Waals surface area (Å²) in [7, 11) is 1.40. The van der Waals surface area contributed by atoms with Crippen LogP contribution in [-0.2, 0) is 4.74 Å². The van der Waals surface area contributed by atoms with Crippen molar-refractivity contribution in [2.24, 2.45) is 0 Å². The van der Waals surface area contributed by atoms with Gasteiger partial charge < -0.3 is 14.7 Å². The van der Waals surface area contributed by atoms with Crippen LogP contribution in [0.25, 0.3) is 0 Å². The van der Waals surface area contributed by atoms with Crippen LogP contribution in [0.15, 0.2) is 0 Å². The predicted molar refractivity (Wildman–Crippen MR) is 53.0 cm³/mol. The van der Waals surface area contributed by atoms with E-state index in [1.54, 1.807) is 11.8 Å². The van der Waals surface area contributed by atoms with Gasteiger partial charge in [-0.3, -0.25) is 0 Å². The minimum atomic E-state index is -0.356. The molecule has 0 aliphatic carbocycles. The summed E-state index contributed by atoms with van der Waals surface area (Å²) in [6.07, 6.45) is 3.16. The number of likely N-dealkylation sites (tertiary alicyclic amines) is 1. The van der Waals surface area contributed by atoms with E-state index in [0.29, 0.717) is 6.42 Å². The van der Waals surface area contributed by atoms with Crippen LogP contribution in [0.5, 0.6) is 0 Å². The van der Waals surface area contributed by atoms with Crippen molar-refractivity contribution in [2.45, 2.75) is 44.8 Å². The van der Waals surface area contributed by atoms with Crippen molar-refractivity contribution in [2.75, 3.05) is 13.7 Å². The van der Waals surface area contributed by atoms with Gasteiger partial charge in [0.1, 0.15) is 0 Å². The van der Waals surface area contributed by atoms with Gasteiger partial charge >= 0.3 is 6.09 Å². The lowest BCUT2D eigenvalue weighted by Crippen LogP contribution is -2.44. The summed E-state index contributed by atoms with van der Waals surface area (Å²) >= 11 is 0. The zero-order chi connectivity index (χ0) is 10.6. The van der Waals surface area contributed by atoms with Gasteiger partial charge in [0, 0.05) is 12.6 Å². The van der Waals surface area contributed by atoms with E-state index in [1.165, 1.54) is 7.11 Å². The standard InChI is InChI=1S/C10H19NO3/c1-8(12)7-9-5-3-4-6-11(9)10(13)14-2/h8-9,12H,3-7H2,1-2H3/t8-,9+/m1/s1. The van der Waals surface area contributed by atoms with E-state index in [4.69, 9.17) is 4.74 Å². The van der Waals surface area contributed by atoms with Crippen LogP contribution in [-0.4, -0.2) is 41.9 Å². The van der Waals surface area contributed by atoms with E-state index in [-0.39, 0.29) is 18.2 Å². The summed E-state index contributed by atoms with van der Waals surface area (Å²) in [5.41, 5.74) is 0. The van der Waals surface area contributed by atoms with Crippen LogP contribution in [0, 0.1) is 0 Å². The van der Waals surface area contributed by atoms with Gasteiger partial charge in [0.05, 0.1) is 13.2 Å². The maximum Gasteiger partial charge on any atom is 0.409 e. The minimum absolute atomic E-state index is 0.149. The Morgan fingerprint density at radius 3 is 2.93 bits per heavy atom. The normalized spacial score (nSPS) is 24.5. The molecule has 82 valence electrons. The average molecular weight is 201 g/mol. The molecule has 1 fully saturated rings. The fraction of sp³-hybridized carbons (Fsp3) is 0.900. The SMILES string of the molecule is COC(=O)N1CCCC[C@H]1C[C@@H](C)O. The number of hydrogen-bond donors (Lipinski definition) is 1. The second-order valence-corrected chi connectivity index (χ2v) is 3.90. The van der Waals surface area contributed by atoms with Crippen LogP contribution in [0.4, 0.5) is 4.79 Å². The summed E-state index contributed by atoms with van der Waals surface area (Å²) in [6, 6.07) is 0.149. The molecule has 0 bridgehead atoms. The molecule has 1 N–H and O–H groups in total. The van der Waals surface area contributed by atoms with Crippen molar-refractivity contribution in [1.29, 1.82) is 0 Å². The Bertz CT molecular complexity index is 194. The number of rotatable bonds is 2. The Hall–Kier alpha value is -0.770. The van der Waals surface area contributed by atoms with E-state index in [0.717, 1.165) is 25.8 Å². The first kappa shape index (κ1) is 11.3. The molecule has 14 heavy (non-hydrogen) atoms. The van der Waals surface area contributed by atoms with E-state index in [2.05, 4.69) is 0 Å². The van der Waals surface area contributed by atoms with Crippen LogP contribution < -0.4 is 0 Å². The fourth-order valence-corrected chi connectivity index (χ4v) is 2.00. The summed E-state index contributed by atoms with van der Waals surface area (Å²) < 4.78 is 4.71. The summed E-state index contributed by atoms with van der Waals surface area (Å²) in [5.74, 6) is 0. The third kappa shape index (κ3) is 2.87. The summed E-state index contributed by atoms with van der Waals surface area (Å²) in [6.45, 7) is 2.51. The smallest absolute Gasteiger partial charge is 0.409 e. The number of piperidine rings is 1. The van der Waals surface area contributed by atoms with E-state index >= 15 is 0 Å². The van der Waals surface area contributed by atoms with Crippen molar-refractivity contribution in [3.63, 3.8) is 0 Å². The number of carbonyl (C=O) groups excluding carboxylic acids is 1. The van der Waals surface area contributed by atoms with Gasteiger partial charge in [-0.25, -0.2) is 4.79 Å². The molecule has 0 aromatic heterocycles. The first-order valence-corrected chi connectivity index (χ1v) is 5.17. The lowest BCUT2D eigenvalue weighted by molar-refractivity contribution is 0.0668. The second kappa shape index (κ2) is 5.20. The molecule has 1 amide bonds. The van der Waals surface area contributed by atoms with Crippen molar-refractivity contribution < 1.29 is 14.6 Å². The Morgan fingerprint density at radius 1 is 1.64 bits per heavy atom. The predicted octanol–water partition coefficient (Wildman–Crippen LogP) is 1.38. The molecule has 0 spiro atoms. The molecule has 1 aliphatic heterocycles. The zero-order valence-corrected chi connectivity index (χ0v) is 8.90. The molecule has 0 radical (unpaired) electrons. The molecule has 0 saturated carbocycles. The van der Waals surface area contributed by atoms with Gasteiger partial charge in [-0.2, -0.15) is 0 Å². The molecule has 1 heterocycles. The van der Waals surface area contributed by atoms with Gasteiger partial charge in [-0.15, -0.1) is 0 Å². The Morgan fingerprint density at radius 2 is 2.36 bits per heavy atom. The number of aliphatic hydroxyl groups excluding tert-OH is 1. The molecular formula is C10H19NO3. The molecule has 2 atom stereocenters. The van der Waals surface area contributed by atoms with Crippen molar-refractivity contribution >= 4 is 6.09 Å². The van der Waals surface area contributed by atoms with Crippen LogP contribution in [0.3, 0.4) is 0 Å². The third-order valence-corrected chi connectivity index (χ3v) is 2.65. The maximum absolute atomic E-state index is 11.4. The van der Waals surface area contributed by atoms with Crippen molar-refractivity contribution in [3.8, 4) is 0 Å². The fourth-order valence-electron chi connectivity index (χ4n) is 2.00. The van der Waals surface area contributed by atoms with E-state index in [9.17, 15) is 9.90 Å². The number of nitrogens with zero attached hydrogens (tertiary/aromatic N) is 1. The largest absolute Gasteiger partial charge is 0.453 e. The van der Waals surface area contributed by atoms with Gasteiger partial charge in [0.25, 0.3) is 0 Å². The highest BCUT2D eigenvalue weighted by atomic mass is 16.5. The molecule has 0 unspecified atom stereocenters. The highest BCUT2D eigenvalue weighted by Crippen LogP contribution is 2.21. The lowest BCUT2D eigenvalue weighted by Gasteiger charge is -2.35. The maximum atomic E-state index is 11.4. The average Bonchev–Trinajstić information content (AvgIpc) is 2.16. The van der Waals surface area contributed by atoms with E-state index < -0.39 is 0 Å². The molecule has 4 nitrogen and oxygen atoms in total. The van der Waals surface area contributed by atoms with Crippen LogP contribution in [0.2, 0.25) is 0 Å². The Balaban J connectivity index is 2.54. The number of hydrogen-bond acceptors (Lipinski definition) is 3. The monoisotopic (exact) mass is 201 g/mol. The van der Waals surface area contributed by atoms with E-state index in [1.807, 2.05) is 0 Å². The number of methoxy groups -OCH3 is 1. The Labute approximate surface area is 84.8 Å². The van der Waals surface area contributed by atoms with Gasteiger partial charge in [-0.1, -0.05) is 0 Å². The van der Waals surface area contributed by atoms with Crippen molar-refractivity contribution in [1.82, 2.24) is 4.90 Å². The molecule has 1 rings (SSSR count). The van der Waals surface area contributed by atoms with Gasteiger partial charge in [0.2, 0.25) is 0 Å². The molecule has 0 aromatic carbocycles. The second-order valence-electron chi connectivity index (χ2n) is 3.90. The number of aliphatic hydroxyl groups is 1. The quantitative estimate of drug-likeness (QED) is 0.734. The first-order chi connectivity index (χ1) is 6.65.